The van der Waals surface area contributed by atoms with Crippen molar-refractivity contribution in [1.29, 1.82) is 0 Å². The van der Waals surface area contributed by atoms with E-state index in [1.165, 1.54) is 12.2 Å². The number of hydrogen-bond donors (Lipinski definition) is 4. The van der Waals surface area contributed by atoms with Crippen molar-refractivity contribution >= 4 is 0 Å². The van der Waals surface area contributed by atoms with E-state index in [0.29, 0.717) is 0 Å². The van der Waals surface area contributed by atoms with Gasteiger partial charge in [-0.3, -0.25) is 0 Å². The summed E-state index contributed by atoms with van der Waals surface area (Å²) < 4.78 is 4.72. The Bertz CT molecular complexity index is 122. The van der Waals surface area contributed by atoms with Gasteiger partial charge in [-0.25, -0.2) is 0 Å². The highest BCUT2D eigenvalue weighted by Gasteiger charge is 2.36. The third-order valence-corrected chi connectivity index (χ3v) is 1.43. The third-order valence-electron chi connectivity index (χ3n) is 1.43. The highest BCUT2D eigenvalue weighted by atomic mass is 16.6. The van der Waals surface area contributed by atoms with E-state index in [4.69, 9.17) is 25.2 Å². The van der Waals surface area contributed by atoms with Gasteiger partial charge >= 0.3 is 0 Å². The molecule has 0 aromatic rings. The molecule has 0 amide bonds. The van der Waals surface area contributed by atoms with Gasteiger partial charge < -0.3 is 25.2 Å². The van der Waals surface area contributed by atoms with Crippen LogP contribution in [0.2, 0.25) is 0 Å². The molecule has 1 aliphatic rings. The highest BCUT2D eigenvalue weighted by molar-refractivity contribution is 4.82. The summed E-state index contributed by atoms with van der Waals surface area (Å²) in [6.45, 7) is 0.0948. The van der Waals surface area contributed by atoms with Gasteiger partial charge in [0.05, 0.1) is 26.4 Å². The summed E-state index contributed by atoms with van der Waals surface area (Å²) in [5.74, 6) is 0. The summed E-state index contributed by atoms with van der Waals surface area (Å²) in [6, 6.07) is 0. The van der Waals surface area contributed by atoms with Crippen LogP contribution in [0.25, 0.3) is 0 Å². The SMILES string of the molecule is OC/C=C\CO.OCC1OC1CO. The second-order valence-electron chi connectivity index (χ2n) is 2.41. The molecule has 1 aliphatic heterocycles. The minimum Gasteiger partial charge on any atom is -0.394 e. The van der Waals surface area contributed by atoms with Crippen LogP contribution in [0.4, 0.5) is 0 Å². The molecule has 78 valence electrons. The Morgan fingerprint density at radius 2 is 1.23 bits per heavy atom. The molecule has 13 heavy (non-hydrogen) atoms. The van der Waals surface area contributed by atoms with Crippen LogP contribution in [0.1, 0.15) is 0 Å². The van der Waals surface area contributed by atoms with Crippen molar-refractivity contribution in [3.05, 3.63) is 12.2 Å². The smallest absolute Gasteiger partial charge is 0.110 e. The standard InChI is InChI=1S/C4H8O3.C4H8O2/c5-1-3-4(2-6)7-3;5-3-1-2-4-6/h3-6H,1-2H2;1-2,5-6H,3-4H2/b;2-1-. The zero-order valence-corrected chi connectivity index (χ0v) is 7.33. The number of aliphatic hydroxyl groups excluding tert-OH is 4. The summed E-state index contributed by atoms with van der Waals surface area (Å²) in [5, 5.41) is 32.5. The van der Waals surface area contributed by atoms with E-state index in [1.54, 1.807) is 0 Å². The first-order valence-corrected chi connectivity index (χ1v) is 4.04. The zero-order chi connectivity index (χ0) is 10.1. The monoisotopic (exact) mass is 192 g/mol. The second kappa shape index (κ2) is 8.15. The maximum Gasteiger partial charge on any atom is 0.110 e. The van der Waals surface area contributed by atoms with Crippen molar-refractivity contribution in [2.75, 3.05) is 26.4 Å². The summed E-state index contributed by atoms with van der Waals surface area (Å²) in [7, 11) is 0. The van der Waals surface area contributed by atoms with Crippen LogP contribution in [0, 0.1) is 0 Å². The van der Waals surface area contributed by atoms with E-state index in [9.17, 15) is 0 Å². The number of ether oxygens (including phenoxy) is 1. The van der Waals surface area contributed by atoms with Crippen molar-refractivity contribution in [2.24, 2.45) is 0 Å². The van der Waals surface area contributed by atoms with Crippen molar-refractivity contribution in [3.8, 4) is 0 Å². The van der Waals surface area contributed by atoms with Gasteiger partial charge in [-0.15, -0.1) is 0 Å². The van der Waals surface area contributed by atoms with Gasteiger partial charge in [0, 0.05) is 0 Å². The summed E-state index contributed by atoms with van der Waals surface area (Å²) in [6.07, 6.45) is 2.81. The molecule has 2 atom stereocenters. The van der Waals surface area contributed by atoms with Gasteiger partial charge in [-0.1, -0.05) is 12.2 Å². The number of aliphatic hydroxyl groups is 4. The fraction of sp³-hybridized carbons (Fsp3) is 0.750. The maximum absolute atomic E-state index is 8.27. The van der Waals surface area contributed by atoms with Gasteiger partial charge in [0.15, 0.2) is 0 Å². The van der Waals surface area contributed by atoms with E-state index in [0.717, 1.165) is 0 Å². The van der Waals surface area contributed by atoms with Gasteiger partial charge in [0.2, 0.25) is 0 Å². The molecule has 0 aliphatic carbocycles. The molecule has 0 radical (unpaired) electrons. The molecule has 1 fully saturated rings. The van der Waals surface area contributed by atoms with E-state index < -0.39 is 0 Å². The fourth-order valence-electron chi connectivity index (χ4n) is 0.649. The Morgan fingerprint density at radius 3 is 1.38 bits per heavy atom. The Kier molecular flexibility index (Phi) is 7.86. The highest BCUT2D eigenvalue weighted by Crippen LogP contribution is 2.19. The molecule has 4 N–H and O–H groups in total. The molecular weight excluding hydrogens is 176 g/mol. The Hall–Kier alpha value is -0.460. The van der Waals surface area contributed by atoms with E-state index >= 15 is 0 Å². The van der Waals surface area contributed by atoms with Gasteiger partial charge in [0.1, 0.15) is 12.2 Å². The van der Waals surface area contributed by atoms with Gasteiger partial charge in [0.25, 0.3) is 0 Å². The van der Waals surface area contributed by atoms with Crippen LogP contribution in [0.5, 0.6) is 0 Å². The average molecular weight is 192 g/mol. The molecule has 5 heteroatoms. The number of epoxide rings is 1. The minimum atomic E-state index is -0.0787. The number of rotatable bonds is 4. The predicted molar refractivity (Wildman–Crippen MR) is 46.1 cm³/mol. The Balaban J connectivity index is 0.000000226. The van der Waals surface area contributed by atoms with Crippen LogP contribution >= 0.6 is 0 Å². The van der Waals surface area contributed by atoms with Crippen LogP contribution in [-0.4, -0.2) is 59.1 Å². The topological polar surface area (TPSA) is 93.5 Å². The molecule has 2 unspecified atom stereocenters. The van der Waals surface area contributed by atoms with Crippen LogP contribution in [0.3, 0.4) is 0 Å². The largest absolute Gasteiger partial charge is 0.394 e. The average Bonchev–Trinajstić information content (AvgIpc) is 2.94. The van der Waals surface area contributed by atoms with Gasteiger partial charge in [-0.05, 0) is 0 Å². The summed E-state index contributed by atoms with van der Waals surface area (Å²) in [4.78, 5) is 0. The molecule has 5 nitrogen and oxygen atoms in total. The van der Waals surface area contributed by atoms with Gasteiger partial charge in [-0.2, -0.15) is 0 Å². The Labute approximate surface area is 76.9 Å². The lowest BCUT2D eigenvalue weighted by Gasteiger charge is -1.78. The molecule has 0 bridgehead atoms. The second-order valence-corrected chi connectivity index (χ2v) is 2.41. The van der Waals surface area contributed by atoms with Crippen LogP contribution in [0.15, 0.2) is 12.2 Å². The molecule has 0 saturated carbocycles. The summed E-state index contributed by atoms with van der Waals surface area (Å²) >= 11 is 0. The zero-order valence-electron chi connectivity index (χ0n) is 7.33. The van der Waals surface area contributed by atoms with Crippen molar-refractivity contribution in [1.82, 2.24) is 0 Å². The molecule has 0 aromatic carbocycles. The summed E-state index contributed by atoms with van der Waals surface area (Å²) in [5.41, 5.74) is 0. The first-order valence-electron chi connectivity index (χ1n) is 4.04. The molecular formula is C8H16O5. The maximum atomic E-state index is 8.27. The van der Waals surface area contributed by atoms with Crippen molar-refractivity contribution < 1.29 is 25.2 Å². The lowest BCUT2D eigenvalue weighted by molar-refractivity contribution is 0.227. The minimum absolute atomic E-state index is 0.0144. The fourth-order valence-corrected chi connectivity index (χ4v) is 0.649. The number of hydrogen-bond acceptors (Lipinski definition) is 5. The van der Waals surface area contributed by atoms with E-state index in [-0.39, 0.29) is 38.6 Å². The van der Waals surface area contributed by atoms with Crippen LogP contribution in [-0.2, 0) is 4.74 Å². The quantitative estimate of drug-likeness (QED) is 0.313. The molecule has 1 heterocycles. The van der Waals surface area contributed by atoms with Crippen LogP contribution < -0.4 is 0 Å². The van der Waals surface area contributed by atoms with E-state index in [1.807, 2.05) is 0 Å². The van der Waals surface area contributed by atoms with E-state index in [2.05, 4.69) is 0 Å². The van der Waals surface area contributed by atoms with Crippen molar-refractivity contribution in [3.63, 3.8) is 0 Å². The lowest BCUT2D eigenvalue weighted by Crippen LogP contribution is -2.02. The Morgan fingerprint density at radius 1 is 0.846 bits per heavy atom. The third kappa shape index (κ3) is 6.68. The molecule has 0 aromatic heterocycles. The lowest BCUT2D eigenvalue weighted by atomic mass is 10.3. The molecule has 1 rings (SSSR count). The molecule has 0 spiro atoms. The van der Waals surface area contributed by atoms with Crippen molar-refractivity contribution in [2.45, 2.75) is 12.2 Å². The first kappa shape index (κ1) is 12.5. The predicted octanol–water partition coefficient (Wildman–Crippen LogP) is -1.73. The molecule has 1 saturated heterocycles. The normalized spacial score (nSPS) is 25.5. The first-order chi connectivity index (χ1) is 6.29.